The van der Waals surface area contributed by atoms with E-state index in [2.05, 4.69) is 9.97 Å². The molecule has 0 bridgehead atoms. The number of halogens is 1. The Bertz CT molecular complexity index is 768. The molecule has 0 spiro atoms. The van der Waals surface area contributed by atoms with E-state index in [0.717, 1.165) is 11.1 Å². The summed E-state index contributed by atoms with van der Waals surface area (Å²) >= 11 is 6.16. The lowest BCUT2D eigenvalue weighted by Crippen LogP contribution is -2.36. The number of hydrogen-bond acceptors (Lipinski definition) is 3. The summed E-state index contributed by atoms with van der Waals surface area (Å²) in [6.45, 7) is 0. The van der Waals surface area contributed by atoms with E-state index in [1.165, 1.54) is 0 Å². The van der Waals surface area contributed by atoms with Gasteiger partial charge in [0.15, 0.2) is 0 Å². The van der Waals surface area contributed by atoms with Gasteiger partial charge in [0.05, 0.1) is 0 Å². The second-order valence-corrected chi connectivity index (χ2v) is 5.45. The highest BCUT2D eigenvalue weighted by Gasteiger charge is 2.40. The van der Waals surface area contributed by atoms with Crippen molar-refractivity contribution in [3.63, 3.8) is 0 Å². The van der Waals surface area contributed by atoms with Crippen LogP contribution in [0.25, 0.3) is 11.1 Å². The van der Waals surface area contributed by atoms with Crippen LogP contribution in [0.15, 0.2) is 61.0 Å². The second-order valence-electron chi connectivity index (χ2n) is 5.04. The first-order valence-corrected chi connectivity index (χ1v) is 7.16. The Morgan fingerprint density at radius 2 is 1.91 bits per heavy atom. The SMILES string of the molecule is O=C(O)C1(c2ncc(-c3ccccc3Cl)cn2)C=CC=CC1. The van der Waals surface area contributed by atoms with Gasteiger partial charge in [-0.05, 0) is 12.5 Å². The second kappa shape index (κ2) is 5.73. The molecule has 1 N–H and O–H groups in total. The maximum Gasteiger partial charge on any atom is 0.321 e. The maximum atomic E-state index is 11.7. The third-order valence-electron chi connectivity index (χ3n) is 3.69. The Morgan fingerprint density at radius 3 is 2.50 bits per heavy atom. The average molecular weight is 313 g/mol. The molecule has 1 aliphatic carbocycles. The molecule has 1 aliphatic rings. The lowest BCUT2D eigenvalue weighted by atomic mass is 9.80. The topological polar surface area (TPSA) is 63.1 Å². The Balaban J connectivity index is 2.01. The minimum absolute atomic E-state index is 0.274. The average Bonchev–Trinajstić information content (AvgIpc) is 2.56. The first-order chi connectivity index (χ1) is 10.6. The molecular formula is C17H13ClN2O2. The van der Waals surface area contributed by atoms with Gasteiger partial charge in [-0.25, -0.2) is 9.97 Å². The normalized spacial score (nSPS) is 20.0. The quantitative estimate of drug-likeness (QED) is 0.940. The lowest BCUT2D eigenvalue weighted by molar-refractivity contribution is -0.142. The molecule has 22 heavy (non-hydrogen) atoms. The molecular weight excluding hydrogens is 300 g/mol. The number of carboxylic acids is 1. The molecule has 1 unspecified atom stereocenters. The van der Waals surface area contributed by atoms with E-state index in [1.807, 2.05) is 24.3 Å². The number of rotatable bonds is 3. The number of aromatic nitrogens is 2. The van der Waals surface area contributed by atoms with Crippen molar-refractivity contribution in [2.45, 2.75) is 11.8 Å². The van der Waals surface area contributed by atoms with Crippen molar-refractivity contribution in [3.8, 4) is 11.1 Å². The third-order valence-corrected chi connectivity index (χ3v) is 4.01. The van der Waals surface area contributed by atoms with Crippen molar-refractivity contribution < 1.29 is 9.90 Å². The zero-order chi connectivity index (χ0) is 15.6. The number of nitrogens with zero attached hydrogens (tertiary/aromatic N) is 2. The molecule has 0 aliphatic heterocycles. The molecule has 0 saturated carbocycles. The highest BCUT2D eigenvalue weighted by Crippen LogP contribution is 2.32. The standard InChI is InChI=1S/C17H13ClN2O2/c18-14-7-3-2-6-13(14)12-10-19-15(20-11-12)17(16(21)22)8-4-1-5-9-17/h1-8,10-11H,9H2,(H,21,22). The summed E-state index contributed by atoms with van der Waals surface area (Å²) in [7, 11) is 0. The Morgan fingerprint density at radius 1 is 1.18 bits per heavy atom. The van der Waals surface area contributed by atoms with Gasteiger partial charge >= 0.3 is 5.97 Å². The predicted octanol–water partition coefficient (Wildman–Crippen LogP) is 3.64. The van der Waals surface area contributed by atoms with E-state index in [0.29, 0.717) is 11.4 Å². The highest BCUT2D eigenvalue weighted by molar-refractivity contribution is 6.33. The Hall–Kier alpha value is -2.46. The first-order valence-electron chi connectivity index (χ1n) is 6.79. The molecule has 4 nitrogen and oxygen atoms in total. The fourth-order valence-corrected chi connectivity index (χ4v) is 2.68. The number of allylic oxidation sites excluding steroid dienone is 3. The van der Waals surface area contributed by atoms with Crippen LogP contribution in [0, 0.1) is 0 Å². The van der Waals surface area contributed by atoms with Crippen molar-refractivity contribution in [3.05, 3.63) is 71.8 Å². The number of hydrogen-bond donors (Lipinski definition) is 1. The van der Waals surface area contributed by atoms with E-state index in [-0.39, 0.29) is 5.82 Å². The molecule has 0 fully saturated rings. The summed E-state index contributed by atoms with van der Waals surface area (Å²) in [5.74, 6) is -0.685. The smallest absolute Gasteiger partial charge is 0.321 e. The van der Waals surface area contributed by atoms with Crippen molar-refractivity contribution in [2.24, 2.45) is 0 Å². The van der Waals surface area contributed by atoms with Gasteiger partial charge in [-0.2, -0.15) is 0 Å². The Labute approximate surface area is 132 Å². The summed E-state index contributed by atoms with van der Waals surface area (Å²) in [5.41, 5.74) is 0.373. The molecule has 1 atom stereocenters. The fraction of sp³-hybridized carbons (Fsp3) is 0.118. The van der Waals surface area contributed by atoms with Crippen LogP contribution in [0.5, 0.6) is 0 Å². The first kappa shape index (κ1) is 14.5. The predicted molar refractivity (Wildman–Crippen MR) is 84.7 cm³/mol. The van der Waals surface area contributed by atoms with Crippen LogP contribution in [0.1, 0.15) is 12.2 Å². The lowest BCUT2D eigenvalue weighted by Gasteiger charge is -2.24. The van der Waals surface area contributed by atoms with E-state index >= 15 is 0 Å². The van der Waals surface area contributed by atoms with E-state index in [1.54, 1.807) is 36.7 Å². The number of carbonyl (C=O) groups is 1. The number of benzene rings is 1. The van der Waals surface area contributed by atoms with Crippen LogP contribution in [0.3, 0.4) is 0 Å². The molecule has 1 aromatic heterocycles. The summed E-state index contributed by atoms with van der Waals surface area (Å²) in [4.78, 5) is 20.3. The van der Waals surface area contributed by atoms with Crippen LogP contribution in [-0.2, 0) is 10.2 Å². The van der Waals surface area contributed by atoms with Gasteiger partial charge in [0.1, 0.15) is 11.2 Å². The van der Waals surface area contributed by atoms with E-state index in [4.69, 9.17) is 11.6 Å². The molecule has 2 aromatic rings. The van der Waals surface area contributed by atoms with Gasteiger partial charge < -0.3 is 5.11 Å². The van der Waals surface area contributed by atoms with Gasteiger partial charge in [-0.1, -0.05) is 54.1 Å². The van der Waals surface area contributed by atoms with Crippen LogP contribution < -0.4 is 0 Å². The zero-order valence-corrected chi connectivity index (χ0v) is 12.4. The molecule has 110 valence electrons. The summed E-state index contributed by atoms with van der Waals surface area (Å²) in [5, 5.41) is 10.2. The van der Waals surface area contributed by atoms with Crippen LogP contribution in [0.2, 0.25) is 5.02 Å². The van der Waals surface area contributed by atoms with Gasteiger partial charge in [0, 0.05) is 28.5 Å². The van der Waals surface area contributed by atoms with Crippen LogP contribution in [-0.4, -0.2) is 21.0 Å². The molecule has 0 radical (unpaired) electrons. The van der Waals surface area contributed by atoms with Crippen LogP contribution in [0.4, 0.5) is 0 Å². The monoisotopic (exact) mass is 312 g/mol. The van der Waals surface area contributed by atoms with Gasteiger partial charge in [-0.15, -0.1) is 0 Å². The van der Waals surface area contributed by atoms with Crippen LogP contribution >= 0.6 is 11.6 Å². The molecule has 0 saturated heterocycles. The summed E-state index contributed by atoms with van der Waals surface area (Å²) in [6, 6.07) is 7.39. The van der Waals surface area contributed by atoms with Crippen molar-refractivity contribution >= 4 is 17.6 Å². The Kier molecular flexibility index (Phi) is 3.77. The number of aliphatic carboxylic acids is 1. The molecule has 0 amide bonds. The van der Waals surface area contributed by atoms with Gasteiger partial charge in [0.2, 0.25) is 0 Å². The minimum atomic E-state index is -1.20. The van der Waals surface area contributed by atoms with E-state index in [9.17, 15) is 9.90 Å². The maximum absolute atomic E-state index is 11.7. The van der Waals surface area contributed by atoms with Gasteiger partial charge in [0.25, 0.3) is 0 Å². The van der Waals surface area contributed by atoms with Gasteiger partial charge in [-0.3, -0.25) is 4.79 Å². The number of carboxylic acid groups (broad SMARTS) is 1. The molecule has 1 aromatic carbocycles. The molecule has 5 heteroatoms. The summed E-state index contributed by atoms with van der Waals surface area (Å²) < 4.78 is 0. The summed E-state index contributed by atoms with van der Waals surface area (Å²) in [6.07, 6.45) is 10.5. The van der Waals surface area contributed by atoms with Crippen molar-refractivity contribution in [1.82, 2.24) is 9.97 Å². The zero-order valence-electron chi connectivity index (χ0n) is 11.6. The largest absolute Gasteiger partial charge is 0.480 e. The highest BCUT2D eigenvalue weighted by atomic mass is 35.5. The minimum Gasteiger partial charge on any atom is -0.480 e. The van der Waals surface area contributed by atoms with Crippen molar-refractivity contribution in [2.75, 3.05) is 0 Å². The third kappa shape index (κ3) is 2.42. The van der Waals surface area contributed by atoms with Crippen molar-refractivity contribution in [1.29, 1.82) is 0 Å². The van der Waals surface area contributed by atoms with E-state index < -0.39 is 11.4 Å². The molecule has 3 rings (SSSR count). The fourth-order valence-electron chi connectivity index (χ4n) is 2.43. The molecule has 1 heterocycles.